The molecule has 1 saturated carbocycles. The van der Waals surface area contributed by atoms with Crippen LogP contribution in [0.2, 0.25) is 0 Å². The summed E-state index contributed by atoms with van der Waals surface area (Å²) < 4.78 is 35.7. The van der Waals surface area contributed by atoms with Crippen LogP contribution in [0, 0.1) is 5.92 Å². The lowest BCUT2D eigenvalue weighted by atomic mass is 9.85. The first-order valence-corrected chi connectivity index (χ1v) is 5.52. The van der Waals surface area contributed by atoms with Crippen LogP contribution in [0.15, 0.2) is 0 Å². The van der Waals surface area contributed by atoms with Crippen molar-refractivity contribution in [2.24, 2.45) is 5.92 Å². The first kappa shape index (κ1) is 13.1. The standard InChI is InChI=1S/C10H17F3N2O/c1-2-15(6-8-4-3-5-8)9(16)14-7-10(11,12)13/h8H,2-7H2,1H3,(H,14,16). The molecule has 16 heavy (non-hydrogen) atoms. The molecule has 0 radical (unpaired) electrons. The minimum atomic E-state index is -4.34. The lowest BCUT2D eigenvalue weighted by Gasteiger charge is -2.31. The van der Waals surface area contributed by atoms with Crippen LogP contribution in [-0.4, -0.2) is 36.7 Å². The Kier molecular flexibility index (Phi) is 4.44. The predicted molar refractivity (Wildman–Crippen MR) is 54.0 cm³/mol. The highest BCUT2D eigenvalue weighted by Gasteiger charge is 2.29. The minimum absolute atomic E-state index is 0.445. The molecule has 0 atom stereocenters. The molecule has 1 aliphatic carbocycles. The molecule has 1 aliphatic rings. The number of hydrogen-bond acceptors (Lipinski definition) is 1. The van der Waals surface area contributed by atoms with Crippen molar-refractivity contribution in [3.05, 3.63) is 0 Å². The number of nitrogens with zero attached hydrogens (tertiary/aromatic N) is 1. The molecule has 1 N–H and O–H groups in total. The van der Waals surface area contributed by atoms with Gasteiger partial charge in [-0.2, -0.15) is 13.2 Å². The van der Waals surface area contributed by atoms with Gasteiger partial charge in [0.05, 0.1) is 0 Å². The van der Waals surface area contributed by atoms with Gasteiger partial charge in [-0.15, -0.1) is 0 Å². The number of rotatable bonds is 4. The molecule has 6 heteroatoms. The van der Waals surface area contributed by atoms with Crippen LogP contribution in [-0.2, 0) is 0 Å². The van der Waals surface area contributed by atoms with Gasteiger partial charge < -0.3 is 10.2 Å². The fraction of sp³-hybridized carbons (Fsp3) is 0.900. The van der Waals surface area contributed by atoms with Gasteiger partial charge in [0.15, 0.2) is 0 Å². The van der Waals surface area contributed by atoms with Gasteiger partial charge in [0.1, 0.15) is 6.54 Å². The first-order valence-electron chi connectivity index (χ1n) is 5.52. The molecule has 0 aromatic heterocycles. The van der Waals surface area contributed by atoms with E-state index in [1.165, 1.54) is 4.90 Å². The van der Waals surface area contributed by atoms with E-state index in [1.54, 1.807) is 6.92 Å². The molecule has 0 aromatic rings. The number of nitrogens with one attached hydrogen (secondary N) is 1. The Morgan fingerprint density at radius 2 is 2.06 bits per heavy atom. The second-order valence-electron chi connectivity index (χ2n) is 4.11. The third-order valence-corrected chi connectivity index (χ3v) is 2.81. The Morgan fingerprint density at radius 3 is 2.44 bits per heavy atom. The van der Waals surface area contributed by atoms with Crippen LogP contribution in [0.1, 0.15) is 26.2 Å². The average Bonchev–Trinajstić information content (AvgIpc) is 2.12. The summed E-state index contributed by atoms with van der Waals surface area (Å²) in [7, 11) is 0. The Hall–Kier alpha value is -0.940. The van der Waals surface area contributed by atoms with E-state index in [0.29, 0.717) is 19.0 Å². The maximum atomic E-state index is 11.9. The van der Waals surface area contributed by atoms with Gasteiger partial charge in [-0.05, 0) is 25.7 Å². The van der Waals surface area contributed by atoms with E-state index >= 15 is 0 Å². The largest absolute Gasteiger partial charge is 0.405 e. The van der Waals surface area contributed by atoms with Gasteiger partial charge in [-0.25, -0.2) is 4.79 Å². The number of carbonyl (C=O) groups is 1. The summed E-state index contributed by atoms with van der Waals surface area (Å²) in [4.78, 5) is 12.9. The van der Waals surface area contributed by atoms with Crippen LogP contribution in [0.3, 0.4) is 0 Å². The van der Waals surface area contributed by atoms with Crippen molar-refractivity contribution < 1.29 is 18.0 Å². The number of alkyl halides is 3. The monoisotopic (exact) mass is 238 g/mol. The molecule has 0 spiro atoms. The summed E-state index contributed by atoms with van der Waals surface area (Å²) >= 11 is 0. The molecule has 0 aromatic carbocycles. The zero-order valence-electron chi connectivity index (χ0n) is 9.31. The lowest BCUT2D eigenvalue weighted by Crippen LogP contribution is -2.46. The molecule has 1 fully saturated rings. The first-order chi connectivity index (χ1) is 7.42. The van der Waals surface area contributed by atoms with Crippen LogP contribution in [0.25, 0.3) is 0 Å². The summed E-state index contributed by atoms with van der Waals surface area (Å²) in [6.07, 6.45) is -1.04. The Bertz CT molecular complexity index is 239. The maximum absolute atomic E-state index is 11.9. The van der Waals surface area contributed by atoms with E-state index < -0.39 is 18.8 Å². The summed E-state index contributed by atoms with van der Waals surface area (Å²) in [6, 6.07) is -0.619. The lowest BCUT2D eigenvalue weighted by molar-refractivity contribution is -0.123. The van der Waals surface area contributed by atoms with Crippen LogP contribution >= 0.6 is 0 Å². The summed E-state index contributed by atoms with van der Waals surface area (Å²) in [5.74, 6) is 0.469. The van der Waals surface area contributed by atoms with Crippen molar-refractivity contribution in [1.82, 2.24) is 10.2 Å². The van der Waals surface area contributed by atoms with E-state index in [2.05, 4.69) is 0 Å². The van der Waals surface area contributed by atoms with Gasteiger partial charge in [0.2, 0.25) is 0 Å². The van der Waals surface area contributed by atoms with Crippen LogP contribution in [0.5, 0.6) is 0 Å². The summed E-state index contributed by atoms with van der Waals surface area (Å²) in [5, 5.41) is 1.89. The summed E-state index contributed by atoms with van der Waals surface area (Å²) in [6.45, 7) is 1.53. The number of carbonyl (C=O) groups excluding carboxylic acids is 1. The van der Waals surface area contributed by atoms with Gasteiger partial charge in [-0.1, -0.05) is 6.42 Å². The predicted octanol–water partition coefficient (Wildman–Crippen LogP) is 2.38. The van der Waals surface area contributed by atoms with E-state index in [4.69, 9.17) is 0 Å². The van der Waals surface area contributed by atoms with Gasteiger partial charge >= 0.3 is 12.2 Å². The maximum Gasteiger partial charge on any atom is 0.405 e. The van der Waals surface area contributed by atoms with Crippen molar-refractivity contribution >= 4 is 6.03 Å². The Balaban J connectivity index is 2.30. The van der Waals surface area contributed by atoms with E-state index in [0.717, 1.165) is 19.3 Å². The fourth-order valence-electron chi connectivity index (χ4n) is 1.63. The highest BCUT2D eigenvalue weighted by Crippen LogP contribution is 2.27. The van der Waals surface area contributed by atoms with E-state index in [1.807, 2.05) is 5.32 Å². The molecule has 3 nitrogen and oxygen atoms in total. The van der Waals surface area contributed by atoms with Crippen molar-refractivity contribution in [2.45, 2.75) is 32.4 Å². The topological polar surface area (TPSA) is 32.3 Å². The molecule has 0 unspecified atom stereocenters. The third-order valence-electron chi connectivity index (χ3n) is 2.81. The molecular weight excluding hydrogens is 221 g/mol. The number of hydrogen-bond donors (Lipinski definition) is 1. The molecule has 0 aliphatic heterocycles. The fourth-order valence-corrected chi connectivity index (χ4v) is 1.63. The number of urea groups is 1. The molecule has 94 valence electrons. The minimum Gasteiger partial charge on any atom is -0.329 e. The second kappa shape index (κ2) is 5.41. The van der Waals surface area contributed by atoms with E-state index in [9.17, 15) is 18.0 Å². The molecular formula is C10H17F3N2O. The van der Waals surface area contributed by atoms with Gasteiger partial charge in [-0.3, -0.25) is 0 Å². The molecule has 0 saturated heterocycles. The van der Waals surface area contributed by atoms with Crippen molar-refractivity contribution in [2.75, 3.05) is 19.6 Å². The van der Waals surface area contributed by atoms with Crippen LogP contribution < -0.4 is 5.32 Å². The van der Waals surface area contributed by atoms with Gasteiger partial charge in [0.25, 0.3) is 0 Å². The highest BCUT2D eigenvalue weighted by molar-refractivity contribution is 5.74. The van der Waals surface area contributed by atoms with Crippen molar-refractivity contribution in [3.63, 3.8) is 0 Å². The normalized spacial score (nSPS) is 16.8. The number of halogens is 3. The zero-order valence-corrected chi connectivity index (χ0v) is 9.31. The van der Waals surface area contributed by atoms with Crippen LogP contribution in [0.4, 0.5) is 18.0 Å². The molecule has 0 bridgehead atoms. The Labute approximate surface area is 93.0 Å². The third kappa shape index (κ3) is 4.28. The molecule has 1 rings (SSSR count). The highest BCUT2D eigenvalue weighted by atomic mass is 19.4. The van der Waals surface area contributed by atoms with Crippen molar-refractivity contribution in [1.29, 1.82) is 0 Å². The SMILES string of the molecule is CCN(CC1CCC1)C(=O)NCC(F)(F)F. The van der Waals surface area contributed by atoms with Crippen molar-refractivity contribution in [3.8, 4) is 0 Å². The smallest absolute Gasteiger partial charge is 0.329 e. The molecule has 2 amide bonds. The number of amides is 2. The zero-order chi connectivity index (χ0) is 12.2. The Morgan fingerprint density at radius 1 is 1.44 bits per heavy atom. The second-order valence-corrected chi connectivity index (χ2v) is 4.11. The average molecular weight is 238 g/mol. The quantitative estimate of drug-likeness (QED) is 0.801. The molecule has 0 heterocycles. The summed E-state index contributed by atoms with van der Waals surface area (Å²) in [5.41, 5.74) is 0. The van der Waals surface area contributed by atoms with E-state index in [-0.39, 0.29) is 0 Å². The van der Waals surface area contributed by atoms with Gasteiger partial charge in [0, 0.05) is 13.1 Å².